The van der Waals surface area contributed by atoms with E-state index in [9.17, 15) is 4.79 Å². The molecule has 1 fully saturated rings. The second-order valence-electron chi connectivity index (χ2n) is 10.7. The summed E-state index contributed by atoms with van der Waals surface area (Å²) < 4.78 is 17.2. The number of ether oxygens (including phenoxy) is 3. The third kappa shape index (κ3) is 6.50. The molecule has 0 radical (unpaired) electrons. The minimum Gasteiger partial charge on any atom is -0.486 e. The maximum Gasteiger partial charge on any atom is 0.251 e. The van der Waals surface area contributed by atoms with Gasteiger partial charge in [-0.3, -0.25) is 9.69 Å². The van der Waals surface area contributed by atoms with Gasteiger partial charge in [0.25, 0.3) is 5.91 Å². The number of hydrogen-bond acceptors (Lipinski definition) is 7. The zero-order valence-corrected chi connectivity index (χ0v) is 23.8. The Morgan fingerprint density at radius 2 is 1.71 bits per heavy atom. The van der Waals surface area contributed by atoms with Gasteiger partial charge in [-0.1, -0.05) is 36.4 Å². The van der Waals surface area contributed by atoms with Crippen molar-refractivity contribution in [3.05, 3.63) is 96.1 Å². The first-order valence-electron chi connectivity index (χ1n) is 14.5. The molecule has 2 N–H and O–H groups in total. The number of para-hydroxylation sites is 1. The van der Waals surface area contributed by atoms with E-state index in [0.29, 0.717) is 42.9 Å². The molecule has 1 amide bonds. The molecule has 4 aromatic rings. The van der Waals surface area contributed by atoms with Crippen LogP contribution in [-0.2, 0) is 6.54 Å². The minimum atomic E-state index is -0.0470. The molecule has 2 aliphatic rings. The fraction of sp³-hybridized carbons (Fsp3) is 0.294. The van der Waals surface area contributed by atoms with Crippen molar-refractivity contribution in [1.82, 2.24) is 15.2 Å². The van der Waals surface area contributed by atoms with Gasteiger partial charge < -0.3 is 24.8 Å². The molecule has 0 unspecified atom stereocenters. The van der Waals surface area contributed by atoms with Crippen molar-refractivity contribution in [3.8, 4) is 28.6 Å². The molecule has 8 nitrogen and oxygen atoms in total. The molecule has 3 aromatic carbocycles. The maximum atomic E-state index is 12.8. The summed E-state index contributed by atoms with van der Waals surface area (Å²) in [5, 5.41) is 6.49. The molecule has 0 bridgehead atoms. The van der Waals surface area contributed by atoms with E-state index in [0.717, 1.165) is 60.9 Å². The summed E-state index contributed by atoms with van der Waals surface area (Å²) in [4.78, 5) is 20.1. The number of pyridine rings is 1. The highest BCUT2D eigenvalue weighted by Crippen LogP contribution is 2.40. The second kappa shape index (κ2) is 13.0. The van der Waals surface area contributed by atoms with Gasteiger partial charge in [-0.25, -0.2) is 4.98 Å². The molecule has 3 heterocycles. The van der Waals surface area contributed by atoms with E-state index in [2.05, 4.69) is 45.9 Å². The van der Waals surface area contributed by atoms with Crippen molar-refractivity contribution in [2.45, 2.75) is 19.4 Å². The Balaban J connectivity index is 1.02. The first-order chi connectivity index (χ1) is 20.7. The van der Waals surface area contributed by atoms with Gasteiger partial charge in [0.2, 0.25) is 5.88 Å². The summed E-state index contributed by atoms with van der Waals surface area (Å²) in [5.74, 6) is 2.33. The van der Waals surface area contributed by atoms with Crippen molar-refractivity contribution in [2.24, 2.45) is 5.92 Å². The normalized spacial score (nSPS) is 15.2. The average Bonchev–Trinajstić information content (AvgIpc) is 3.05. The third-order valence-corrected chi connectivity index (χ3v) is 7.83. The molecule has 0 aliphatic carbocycles. The van der Waals surface area contributed by atoms with Crippen LogP contribution in [0.25, 0.3) is 11.3 Å². The van der Waals surface area contributed by atoms with Crippen LogP contribution in [0.5, 0.6) is 17.4 Å². The third-order valence-electron chi connectivity index (χ3n) is 7.83. The van der Waals surface area contributed by atoms with E-state index in [1.807, 2.05) is 54.6 Å². The number of anilines is 2. The predicted molar refractivity (Wildman–Crippen MR) is 164 cm³/mol. The Labute approximate surface area is 246 Å². The molecule has 0 spiro atoms. The van der Waals surface area contributed by atoms with Crippen molar-refractivity contribution in [2.75, 3.05) is 45.3 Å². The number of hydrogen-bond donors (Lipinski definition) is 2. The molecule has 42 heavy (non-hydrogen) atoms. The number of carbonyl (C=O) groups is 1. The van der Waals surface area contributed by atoms with Gasteiger partial charge in [0.05, 0.1) is 12.8 Å². The molecule has 0 atom stereocenters. The number of likely N-dealkylation sites (tertiary alicyclic amines) is 1. The number of methoxy groups -OCH3 is 1. The summed E-state index contributed by atoms with van der Waals surface area (Å²) in [6, 6.07) is 27.7. The standard InChI is InChI=1S/C34H36N4O4/c1-40-34-30(15-14-29(37-34)28-8-5-9-31-32(28)42-21-20-41-31)36-27-12-10-26(11-13-27)33(39)35-22-24-16-18-38(19-17-24)23-25-6-3-2-4-7-25/h2-15,24,36H,16-23H2,1H3,(H,35,39). The predicted octanol–water partition coefficient (Wildman–Crippen LogP) is 5.91. The lowest BCUT2D eigenvalue weighted by atomic mass is 9.96. The molecular formula is C34H36N4O4. The highest BCUT2D eigenvalue weighted by Gasteiger charge is 2.21. The van der Waals surface area contributed by atoms with Crippen LogP contribution in [0, 0.1) is 5.92 Å². The van der Waals surface area contributed by atoms with Crippen molar-refractivity contribution in [1.29, 1.82) is 0 Å². The average molecular weight is 565 g/mol. The van der Waals surface area contributed by atoms with Crippen LogP contribution in [0.2, 0.25) is 0 Å². The molecule has 1 aromatic heterocycles. The first-order valence-corrected chi connectivity index (χ1v) is 14.5. The van der Waals surface area contributed by atoms with Gasteiger partial charge in [0.15, 0.2) is 11.5 Å². The fourth-order valence-electron chi connectivity index (χ4n) is 5.51. The molecule has 6 rings (SSSR count). The number of piperidine rings is 1. The van der Waals surface area contributed by atoms with Crippen molar-refractivity contribution < 1.29 is 19.0 Å². The number of rotatable bonds is 9. The van der Waals surface area contributed by atoms with Gasteiger partial charge in [-0.05, 0) is 85.9 Å². The van der Waals surface area contributed by atoms with Crippen molar-refractivity contribution in [3.63, 3.8) is 0 Å². The van der Waals surface area contributed by atoms with E-state index >= 15 is 0 Å². The van der Waals surface area contributed by atoms with Crippen LogP contribution in [0.1, 0.15) is 28.8 Å². The number of nitrogens with one attached hydrogen (secondary N) is 2. The van der Waals surface area contributed by atoms with E-state index < -0.39 is 0 Å². The summed E-state index contributed by atoms with van der Waals surface area (Å²) in [5.41, 5.74) is 5.13. The fourth-order valence-corrected chi connectivity index (χ4v) is 5.51. The lowest BCUT2D eigenvalue weighted by Gasteiger charge is -2.32. The quantitative estimate of drug-likeness (QED) is 0.261. The molecule has 2 aliphatic heterocycles. The number of benzene rings is 3. The molecule has 1 saturated heterocycles. The van der Waals surface area contributed by atoms with E-state index in [-0.39, 0.29) is 5.91 Å². The van der Waals surface area contributed by atoms with E-state index in [1.54, 1.807) is 7.11 Å². The smallest absolute Gasteiger partial charge is 0.251 e. The van der Waals surface area contributed by atoms with E-state index in [1.165, 1.54) is 5.56 Å². The van der Waals surface area contributed by atoms with Gasteiger partial charge in [0, 0.05) is 29.9 Å². The Bertz CT molecular complexity index is 1500. The zero-order chi connectivity index (χ0) is 28.7. The molecule has 8 heteroatoms. The Morgan fingerprint density at radius 3 is 2.50 bits per heavy atom. The number of nitrogens with zero attached hydrogens (tertiary/aromatic N) is 2. The van der Waals surface area contributed by atoms with Crippen LogP contribution in [0.15, 0.2) is 84.9 Å². The molecule has 0 saturated carbocycles. The molecule has 216 valence electrons. The highest BCUT2D eigenvalue weighted by atomic mass is 16.6. The number of fused-ring (bicyclic) bond motifs is 1. The topological polar surface area (TPSA) is 85.0 Å². The number of amides is 1. The van der Waals surface area contributed by atoms with Gasteiger partial charge in [-0.15, -0.1) is 0 Å². The monoisotopic (exact) mass is 564 g/mol. The maximum absolute atomic E-state index is 12.8. The van der Waals surface area contributed by atoms with Crippen LogP contribution < -0.4 is 24.8 Å². The highest BCUT2D eigenvalue weighted by molar-refractivity contribution is 5.94. The second-order valence-corrected chi connectivity index (χ2v) is 10.7. The molecular weight excluding hydrogens is 528 g/mol. The van der Waals surface area contributed by atoms with Crippen LogP contribution in [-0.4, -0.2) is 55.7 Å². The van der Waals surface area contributed by atoms with Gasteiger partial charge >= 0.3 is 0 Å². The van der Waals surface area contributed by atoms with Crippen LogP contribution >= 0.6 is 0 Å². The summed E-state index contributed by atoms with van der Waals surface area (Å²) in [6.45, 7) is 4.85. The lowest BCUT2D eigenvalue weighted by Crippen LogP contribution is -2.38. The Morgan fingerprint density at radius 1 is 0.929 bits per heavy atom. The summed E-state index contributed by atoms with van der Waals surface area (Å²) in [7, 11) is 1.60. The Kier molecular flexibility index (Phi) is 8.51. The van der Waals surface area contributed by atoms with Gasteiger partial charge in [-0.2, -0.15) is 0 Å². The van der Waals surface area contributed by atoms with Crippen LogP contribution in [0.3, 0.4) is 0 Å². The summed E-state index contributed by atoms with van der Waals surface area (Å²) in [6.07, 6.45) is 2.19. The SMILES string of the molecule is COc1nc(-c2cccc3c2OCCO3)ccc1Nc1ccc(C(=O)NCC2CCN(Cc3ccccc3)CC2)cc1. The van der Waals surface area contributed by atoms with Crippen molar-refractivity contribution >= 4 is 17.3 Å². The van der Waals surface area contributed by atoms with Gasteiger partial charge in [0.1, 0.15) is 18.9 Å². The number of carbonyl (C=O) groups excluding carboxylic acids is 1. The van der Waals surface area contributed by atoms with E-state index in [4.69, 9.17) is 19.2 Å². The Hall–Kier alpha value is -4.56. The largest absolute Gasteiger partial charge is 0.486 e. The zero-order valence-electron chi connectivity index (χ0n) is 23.8. The first kappa shape index (κ1) is 27.6. The van der Waals surface area contributed by atoms with Crippen LogP contribution in [0.4, 0.5) is 11.4 Å². The minimum absolute atomic E-state index is 0.0470. The summed E-state index contributed by atoms with van der Waals surface area (Å²) >= 11 is 0. The lowest BCUT2D eigenvalue weighted by molar-refractivity contribution is 0.0935. The number of aromatic nitrogens is 1.